The Bertz CT molecular complexity index is 699. The molecule has 6 heteroatoms. The van der Waals surface area contributed by atoms with E-state index in [4.69, 9.17) is 11.0 Å². The highest BCUT2D eigenvalue weighted by Crippen LogP contribution is 2.36. The van der Waals surface area contributed by atoms with Gasteiger partial charge < -0.3 is 5.73 Å². The van der Waals surface area contributed by atoms with Crippen LogP contribution in [0.5, 0.6) is 0 Å². The van der Waals surface area contributed by atoms with Crippen molar-refractivity contribution in [3.05, 3.63) is 53.3 Å². The van der Waals surface area contributed by atoms with E-state index in [0.29, 0.717) is 0 Å². The van der Waals surface area contributed by atoms with Gasteiger partial charge in [-0.25, -0.2) is 4.39 Å². The molecule has 0 aliphatic carbocycles. The van der Waals surface area contributed by atoms with Gasteiger partial charge in [-0.2, -0.15) is 18.4 Å². The van der Waals surface area contributed by atoms with Gasteiger partial charge >= 0.3 is 6.18 Å². The Kier molecular flexibility index (Phi) is 3.36. The number of rotatable bonds is 1. The van der Waals surface area contributed by atoms with E-state index in [1.165, 1.54) is 12.1 Å². The molecule has 2 aromatic rings. The molecule has 0 bridgehead atoms. The molecule has 0 saturated heterocycles. The zero-order valence-corrected chi connectivity index (χ0v) is 10.0. The van der Waals surface area contributed by atoms with Gasteiger partial charge in [-0.05, 0) is 24.3 Å². The van der Waals surface area contributed by atoms with E-state index < -0.39 is 17.6 Å². The van der Waals surface area contributed by atoms with Crippen molar-refractivity contribution in [2.45, 2.75) is 6.18 Å². The third-order valence-electron chi connectivity index (χ3n) is 2.80. The number of anilines is 1. The van der Waals surface area contributed by atoms with Crippen LogP contribution in [0.25, 0.3) is 11.1 Å². The lowest BCUT2D eigenvalue weighted by molar-refractivity contribution is -0.137. The Morgan fingerprint density at radius 2 is 1.75 bits per heavy atom. The molecule has 0 aliphatic heterocycles. The van der Waals surface area contributed by atoms with Crippen molar-refractivity contribution in [1.82, 2.24) is 0 Å². The van der Waals surface area contributed by atoms with Crippen LogP contribution >= 0.6 is 0 Å². The lowest BCUT2D eigenvalue weighted by Crippen LogP contribution is -2.06. The van der Waals surface area contributed by atoms with E-state index in [1.807, 2.05) is 0 Å². The van der Waals surface area contributed by atoms with Crippen molar-refractivity contribution in [2.75, 3.05) is 5.73 Å². The molecule has 0 aromatic heterocycles. The van der Waals surface area contributed by atoms with Gasteiger partial charge in [-0.1, -0.05) is 12.1 Å². The second kappa shape index (κ2) is 4.85. The molecule has 0 aliphatic rings. The zero-order chi connectivity index (χ0) is 14.9. The molecule has 0 spiro atoms. The van der Waals surface area contributed by atoms with E-state index in [9.17, 15) is 17.6 Å². The van der Waals surface area contributed by atoms with Crippen LogP contribution in [-0.4, -0.2) is 0 Å². The zero-order valence-electron chi connectivity index (χ0n) is 10.0. The van der Waals surface area contributed by atoms with Crippen LogP contribution in [0, 0.1) is 17.1 Å². The molecule has 2 aromatic carbocycles. The van der Waals surface area contributed by atoms with Gasteiger partial charge in [-0.15, -0.1) is 0 Å². The number of nitrogens with two attached hydrogens (primary N) is 1. The number of nitrogen functional groups attached to an aromatic ring is 1. The summed E-state index contributed by atoms with van der Waals surface area (Å²) in [6.07, 6.45) is -4.54. The van der Waals surface area contributed by atoms with Crippen molar-refractivity contribution >= 4 is 5.69 Å². The first-order chi connectivity index (χ1) is 9.34. The summed E-state index contributed by atoms with van der Waals surface area (Å²) in [7, 11) is 0. The molecule has 0 heterocycles. The first-order valence-corrected chi connectivity index (χ1v) is 5.50. The molecular weight excluding hydrogens is 272 g/mol. The Morgan fingerprint density at radius 1 is 1.05 bits per heavy atom. The smallest absolute Gasteiger partial charge is 0.398 e. The van der Waals surface area contributed by atoms with Crippen molar-refractivity contribution < 1.29 is 17.6 Å². The van der Waals surface area contributed by atoms with Crippen molar-refractivity contribution in [3.8, 4) is 17.2 Å². The maximum atomic E-state index is 13.5. The first-order valence-electron chi connectivity index (χ1n) is 5.50. The fraction of sp³-hybridized carbons (Fsp3) is 0.0714. The maximum Gasteiger partial charge on any atom is 0.416 e. The molecule has 2 rings (SSSR count). The van der Waals surface area contributed by atoms with Gasteiger partial charge in [-0.3, -0.25) is 0 Å². The number of nitriles is 1. The van der Waals surface area contributed by atoms with Gasteiger partial charge in [0.25, 0.3) is 0 Å². The molecule has 0 fully saturated rings. The number of hydrogen-bond donors (Lipinski definition) is 1. The summed E-state index contributed by atoms with van der Waals surface area (Å²) in [5, 5.41) is 8.93. The minimum absolute atomic E-state index is 0.0177. The predicted octanol–water partition coefficient (Wildman–Crippen LogP) is 3.97. The summed E-state index contributed by atoms with van der Waals surface area (Å²) >= 11 is 0. The van der Waals surface area contributed by atoms with Gasteiger partial charge in [0.1, 0.15) is 11.9 Å². The van der Waals surface area contributed by atoms with Crippen LogP contribution in [0.1, 0.15) is 11.1 Å². The summed E-state index contributed by atoms with van der Waals surface area (Å²) in [5.41, 5.74) is 4.46. The quantitative estimate of drug-likeness (QED) is 0.634. The minimum Gasteiger partial charge on any atom is -0.398 e. The monoisotopic (exact) mass is 280 g/mol. The third-order valence-corrected chi connectivity index (χ3v) is 2.80. The lowest BCUT2D eigenvalue weighted by atomic mass is 9.96. The van der Waals surface area contributed by atoms with Crippen molar-refractivity contribution in [1.29, 1.82) is 5.26 Å². The van der Waals surface area contributed by atoms with Crippen LogP contribution < -0.4 is 5.73 Å². The summed E-state index contributed by atoms with van der Waals surface area (Å²) in [6, 6.07) is 8.10. The van der Waals surface area contributed by atoms with E-state index in [2.05, 4.69) is 0 Å². The molecule has 0 atom stereocenters. The lowest BCUT2D eigenvalue weighted by Gasteiger charge is -2.12. The largest absolute Gasteiger partial charge is 0.416 e. The fourth-order valence-corrected chi connectivity index (χ4v) is 1.83. The van der Waals surface area contributed by atoms with Crippen LogP contribution in [0.2, 0.25) is 0 Å². The Morgan fingerprint density at radius 3 is 2.35 bits per heavy atom. The Labute approximate surface area is 112 Å². The number of benzene rings is 2. The second-order valence-electron chi connectivity index (χ2n) is 4.07. The molecule has 102 valence electrons. The van der Waals surface area contributed by atoms with E-state index in [0.717, 1.165) is 24.3 Å². The molecule has 20 heavy (non-hydrogen) atoms. The highest BCUT2D eigenvalue weighted by molar-refractivity contribution is 5.81. The highest BCUT2D eigenvalue weighted by Gasteiger charge is 2.31. The average Bonchev–Trinajstić information content (AvgIpc) is 2.37. The standard InChI is InChI=1S/C14H8F4N2/c15-12-3-1-2-9(11(12)7-19)10-6-8(14(16,17)18)4-5-13(10)20/h1-6H,20H2. The van der Waals surface area contributed by atoms with Crippen LogP contribution in [0.4, 0.5) is 23.2 Å². The topological polar surface area (TPSA) is 49.8 Å². The molecule has 0 amide bonds. The summed E-state index contributed by atoms with van der Waals surface area (Å²) in [6.45, 7) is 0. The summed E-state index contributed by atoms with van der Waals surface area (Å²) < 4.78 is 51.6. The number of nitrogens with zero attached hydrogens (tertiary/aromatic N) is 1. The number of hydrogen-bond acceptors (Lipinski definition) is 2. The van der Waals surface area contributed by atoms with Crippen molar-refractivity contribution in [2.24, 2.45) is 0 Å². The van der Waals surface area contributed by atoms with Gasteiger partial charge in [0, 0.05) is 16.8 Å². The summed E-state index contributed by atoms with van der Waals surface area (Å²) in [5.74, 6) is -0.804. The molecule has 2 N–H and O–H groups in total. The first kappa shape index (κ1) is 13.9. The number of halogens is 4. The predicted molar refractivity (Wildman–Crippen MR) is 66.0 cm³/mol. The SMILES string of the molecule is N#Cc1c(F)cccc1-c1cc(C(F)(F)F)ccc1N. The molecular formula is C14H8F4N2. The Balaban J connectivity index is 2.71. The van der Waals surface area contributed by atoms with E-state index in [-0.39, 0.29) is 22.4 Å². The van der Waals surface area contributed by atoms with Gasteiger partial charge in [0.05, 0.1) is 11.1 Å². The minimum atomic E-state index is -4.54. The Hall–Kier alpha value is -2.55. The summed E-state index contributed by atoms with van der Waals surface area (Å²) in [4.78, 5) is 0. The maximum absolute atomic E-state index is 13.5. The average molecular weight is 280 g/mol. The van der Waals surface area contributed by atoms with Gasteiger partial charge in [0.15, 0.2) is 0 Å². The molecule has 0 saturated carbocycles. The normalized spacial score (nSPS) is 11.2. The fourth-order valence-electron chi connectivity index (χ4n) is 1.83. The second-order valence-corrected chi connectivity index (χ2v) is 4.07. The van der Waals surface area contributed by atoms with E-state index in [1.54, 1.807) is 6.07 Å². The molecule has 2 nitrogen and oxygen atoms in total. The third kappa shape index (κ3) is 2.43. The van der Waals surface area contributed by atoms with Crippen LogP contribution in [-0.2, 0) is 6.18 Å². The van der Waals surface area contributed by atoms with Crippen LogP contribution in [0.3, 0.4) is 0 Å². The van der Waals surface area contributed by atoms with E-state index >= 15 is 0 Å². The van der Waals surface area contributed by atoms with Crippen molar-refractivity contribution in [3.63, 3.8) is 0 Å². The highest BCUT2D eigenvalue weighted by atomic mass is 19.4. The number of alkyl halides is 3. The van der Waals surface area contributed by atoms with Gasteiger partial charge in [0.2, 0.25) is 0 Å². The van der Waals surface area contributed by atoms with Crippen LogP contribution in [0.15, 0.2) is 36.4 Å². The molecule has 0 unspecified atom stereocenters. The molecule has 0 radical (unpaired) electrons.